The lowest BCUT2D eigenvalue weighted by Gasteiger charge is -2.33. The van der Waals surface area contributed by atoms with Crippen LogP contribution < -0.4 is 10.5 Å². The molecule has 1 saturated carbocycles. The van der Waals surface area contributed by atoms with E-state index in [1.54, 1.807) is 0 Å². The molecule has 1 aliphatic rings. The van der Waals surface area contributed by atoms with Crippen LogP contribution in [0.3, 0.4) is 0 Å². The summed E-state index contributed by atoms with van der Waals surface area (Å²) in [5.74, 6) is 0.427. The normalized spacial score (nSPS) is 24.1. The van der Waals surface area contributed by atoms with Crippen LogP contribution in [0.1, 0.15) is 30.1 Å². The van der Waals surface area contributed by atoms with Crippen molar-refractivity contribution in [2.24, 2.45) is 11.1 Å². The second-order valence-electron chi connectivity index (χ2n) is 4.45. The number of carbonyl (C=O) groups is 1. The van der Waals surface area contributed by atoms with Crippen LogP contribution in [0, 0.1) is 5.92 Å². The van der Waals surface area contributed by atoms with Gasteiger partial charge in [-0.3, -0.25) is 4.79 Å². The van der Waals surface area contributed by atoms with Gasteiger partial charge in [0.15, 0.2) is 0 Å². The molecule has 5 nitrogen and oxygen atoms in total. The summed E-state index contributed by atoms with van der Waals surface area (Å²) in [5, 5.41) is 9.35. The van der Waals surface area contributed by atoms with Crippen LogP contribution in [-0.4, -0.2) is 20.4 Å². The van der Waals surface area contributed by atoms with Crippen LogP contribution in [0.5, 0.6) is 0 Å². The van der Waals surface area contributed by atoms with Gasteiger partial charge in [-0.15, -0.1) is 11.3 Å². The van der Waals surface area contributed by atoms with Crippen molar-refractivity contribution >= 4 is 27.3 Å². The molecule has 2 rings (SSSR count). The SMILES string of the molecule is CC1CC(NC(=O)c2csc(S(N)(=O)=O)c2)C1. The lowest BCUT2D eigenvalue weighted by Crippen LogP contribution is -2.43. The topological polar surface area (TPSA) is 89.3 Å². The summed E-state index contributed by atoms with van der Waals surface area (Å²) < 4.78 is 22.1. The zero-order chi connectivity index (χ0) is 12.6. The molecule has 0 aromatic carbocycles. The molecular weight excluding hydrogens is 260 g/mol. The Labute approximate surface area is 104 Å². The van der Waals surface area contributed by atoms with Gasteiger partial charge in [-0.25, -0.2) is 13.6 Å². The highest BCUT2D eigenvalue weighted by molar-refractivity contribution is 7.91. The van der Waals surface area contributed by atoms with Crippen LogP contribution >= 0.6 is 11.3 Å². The monoisotopic (exact) mass is 274 g/mol. The maximum absolute atomic E-state index is 11.8. The van der Waals surface area contributed by atoms with Crippen molar-refractivity contribution in [2.45, 2.75) is 30.0 Å². The highest BCUT2D eigenvalue weighted by Crippen LogP contribution is 2.27. The highest BCUT2D eigenvalue weighted by atomic mass is 32.2. The molecule has 3 N–H and O–H groups in total. The van der Waals surface area contributed by atoms with E-state index in [1.165, 1.54) is 11.4 Å². The maximum Gasteiger partial charge on any atom is 0.252 e. The minimum atomic E-state index is -3.71. The van der Waals surface area contributed by atoms with Gasteiger partial charge >= 0.3 is 0 Å². The average Bonchev–Trinajstić information content (AvgIpc) is 2.63. The van der Waals surface area contributed by atoms with Gasteiger partial charge in [0.25, 0.3) is 5.91 Å². The van der Waals surface area contributed by atoms with Crippen LogP contribution in [0.4, 0.5) is 0 Å². The third-order valence-electron chi connectivity index (χ3n) is 2.83. The van der Waals surface area contributed by atoms with E-state index in [2.05, 4.69) is 12.2 Å². The summed E-state index contributed by atoms with van der Waals surface area (Å²) in [6.07, 6.45) is 1.97. The van der Waals surface area contributed by atoms with Gasteiger partial charge in [0.05, 0.1) is 5.56 Å². The molecule has 0 spiro atoms. The maximum atomic E-state index is 11.8. The molecule has 94 valence electrons. The molecule has 1 aromatic heterocycles. The lowest BCUT2D eigenvalue weighted by molar-refractivity contribution is 0.0896. The molecule has 0 bridgehead atoms. The van der Waals surface area contributed by atoms with Gasteiger partial charge in [-0.2, -0.15) is 0 Å². The summed E-state index contributed by atoms with van der Waals surface area (Å²) in [5.41, 5.74) is 0.360. The van der Waals surface area contributed by atoms with Crippen molar-refractivity contribution in [3.63, 3.8) is 0 Å². The summed E-state index contributed by atoms with van der Waals surface area (Å²) in [6, 6.07) is 1.53. The van der Waals surface area contributed by atoms with Gasteiger partial charge in [-0.1, -0.05) is 6.92 Å². The first-order chi connectivity index (χ1) is 7.86. The fourth-order valence-corrected chi connectivity index (χ4v) is 3.46. The number of carbonyl (C=O) groups excluding carboxylic acids is 1. The predicted octanol–water partition coefficient (Wildman–Crippen LogP) is 0.924. The minimum Gasteiger partial charge on any atom is -0.349 e. The molecule has 0 aliphatic heterocycles. The van der Waals surface area contributed by atoms with Crippen molar-refractivity contribution in [2.75, 3.05) is 0 Å². The number of nitrogens with two attached hydrogens (primary N) is 1. The number of sulfonamides is 1. The van der Waals surface area contributed by atoms with Crippen LogP contribution in [-0.2, 0) is 10.0 Å². The predicted molar refractivity (Wildman–Crippen MR) is 65.3 cm³/mol. The number of nitrogens with one attached hydrogen (secondary N) is 1. The second-order valence-corrected chi connectivity index (χ2v) is 7.15. The molecule has 0 saturated heterocycles. The fraction of sp³-hybridized carbons (Fsp3) is 0.500. The quantitative estimate of drug-likeness (QED) is 0.859. The summed E-state index contributed by atoms with van der Waals surface area (Å²) in [7, 11) is -3.71. The third-order valence-corrected chi connectivity index (χ3v) is 5.21. The summed E-state index contributed by atoms with van der Waals surface area (Å²) >= 11 is 0.964. The largest absolute Gasteiger partial charge is 0.349 e. The smallest absolute Gasteiger partial charge is 0.252 e. The van der Waals surface area contributed by atoms with Crippen molar-refractivity contribution in [1.82, 2.24) is 5.32 Å². The molecular formula is C10H14N2O3S2. The fourth-order valence-electron chi connectivity index (χ4n) is 1.87. The van der Waals surface area contributed by atoms with Gasteiger partial charge in [0.2, 0.25) is 10.0 Å². The average molecular weight is 274 g/mol. The Bertz CT molecular complexity index is 530. The first-order valence-electron chi connectivity index (χ1n) is 5.28. The number of rotatable bonds is 3. The van der Waals surface area contributed by atoms with Crippen molar-refractivity contribution in [3.05, 3.63) is 17.0 Å². The third kappa shape index (κ3) is 2.85. The molecule has 1 heterocycles. The van der Waals surface area contributed by atoms with Crippen molar-refractivity contribution in [3.8, 4) is 0 Å². The van der Waals surface area contributed by atoms with E-state index in [0.717, 1.165) is 24.2 Å². The Kier molecular flexibility index (Phi) is 3.24. The van der Waals surface area contributed by atoms with Gasteiger partial charge < -0.3 is 5.32 Å². The standard InChI is InChI=1S/C10H14N2O3S2/c1-6-2-8(3-6)12-10(13)7-4-9(16-5-7)17(11,14)15/h4-6,8H,2-3H2,1H3,(H,12,13)(H2,11,14,15). The Morgan fingerprint density at radius 2 is 2.18 bits per heavy atom. The van der Waals surface area contributed by atoms with E-state index >= 15 is 0 Å². The number of hydrogen-bond acceptors (Lipinski definition) is 4. The first kappa shape index (κ1) is 12.5. The molecule has 0 unspecified atom stereocenters. The Morgan fingerprint density at radius 1 is 1.53 bits per heavy atom. The Balaban J connectivity index is 2.03. The molecule has 17 heavy (non-hydrogen) atoms. The van der Waals surface area contributed by atoms with E-state index in [-0.39, 0.29) is 16.2 Å². The van der Waals surface area contributed by atoms with E-state index < -0.39 is 10.0 Å². The number of hydrogen-bond donors (Lipinski definition) is 2. The summed E-state index contributed by atoms with van der Waals surface area (Å²) in [6.45, 7) is 2.13. The summed E-state index contributed by atoms with van der Waals surface area (Å²) in [4.78, 5) is 11.8. The van der Waals surface area contributed by atoms with Gasteiger partial charge in [0, 0.05) is 11.4 Å². The lowest BCUT2D eigenvalue weighted by atomic mass is 9.82. The van der Waals surface area contributed by atoms with Crippen LogP contribution in [0.25, 0.3) is 0 Å². The Morgan fingerprint density at radius 3 is 2.65 bits per heavy atom. The highest BCUT2D eigenvalue weighted by Gasteiger charge is 2.27. The zero-order valence-corrected chi connectivity index (χ0v) is 11.0. The van der Waals surface area contributed by atoms with Crippen LogP contribution in [0.15, 0.2) is 15.7 Å². The molecule has 1 aromatic rings. The second kappa shape index (κ2) is 4.40. The molecule has 0 atom stereocenters. The number of amides is 1. The number of primary sulfonamides is 1. The van der Waals surface area contributed by atoms with Crippen molar-refractivity contribution < 1.29 is 13.2 Å². The van der Waals surface area contributed by atoms with E-state index in [4.69, 9.17) is 5.14 Å². The van der Waals surface area contributed by atoms with Gasteiger partial charge in [0.1, 0.15) is 4.21 Å². The molecule has 0 radical (unpaired) electrons. The zero-order valence-electron chi connectivity index (χ0n) is 9.34. The molecule has 1 amide bonds. The van der Waals surface area contributed by atoms with Crippen molar-refractivity contribution in [1.29, 1.82) is 0 Å². The van der Waals surface area contributed by atoms with E-state index in [1.807, 2.05) is 0 Å². The first-order valence-corrected chi connectivity index (χ1v) is 7.71. The molecule has 7 heteroatoms. The molecule has 1 aliphatic carbocycles. The Hall–Kier alpha value is -0.920. The van der Waals surface area contributed by atoms with E-state index in [0.29, 0.717) is 11.5 Å². The minimum absolute atomic E-state index is 0.0182. The van der Waals surface area contributed by atoms with Crippen LogP contribution in [0.2, 0.25) is 0 Å². The molecule has 1 fully saturated rings. The van der Waals surface area contributed by atoms with Gasteiger partial charge in [-0.05, 0) is 24.8 Å². The number of thiophene rings is 1. The van der Waals surface area contributed by atoms with E-state index in [9.17, 15) is 13.2 Å².